The quantitative estimate of drug-likeness (QED) is 0.674. The molecule has 1 fully saturated rings. The largest absolute Gasteiger partial charge is 0.349 e. The molecule has 4 nitrogen and oxygen atoms in total. The third-order valence-electron chi connectivity index (χ3n) is 3.02. The van der Waals surface area contributed by atoms with Gasteiger partial charge in [0.15, 0.2) is 0 Å². The van der Waals surface area contributed by atoms with Crippen molar-refractivity contribution in [3.63, 3.8) is 0 Å². The van der Waals surface area contributed by atoms with Gasteiger partial charge in [0.2, 0.25) is 5.91 Å². The van der Waals surface area contributed by atoms with Crippen molar-refractivity contribution >= 4 is 5.91 Å². The fraction of sp³-hybridized carbons (Fsp3) is 0.917. The molecule has 0 spiro atoms. The molecule has 1 saturated heterocycles. The molecule has 4 heteroatoms. The van der Waals surface area contributed by atoms with Crippen molar-refractivity contribution in [2.45, 2.75) is 38.1 Å². The maximum absolute atomic E-state index is 11.3. The summed E-state index contributed by atoms with van der Waals surface area (Å²) in [7, 11) is 3.62. The predicted molar refractivity (Wildman–Crippen MR) is 65.4 cm³/mol. The molecular weight excluding hydrogens is 202 g/mol. The molecule has 1 aliphatic rings. The van der Waals surface area contributed by atoms with E-state index < -0.39 is 0 Å². The summed E-state index contributed by atoms with van der Waals surface area (Å²) in [5.41, 5.74) is 0. The van der Waals surface area contributed by atoms with Crippen LogP contribution in [0.15, 0.2) is 0 Å². The Kier molecular flexibility index (Phi) is 6.42. The lowest BCUT2D eigenvalue weighted by molar-refractivity contribution is -0.128. The van der Waals surface area contributed by atoms with Gasteiger partial charge in [0.05, 0.1) is 0 Å². The van der Waals surface area contributed by atoms with Gasteiger partial charge in [-0.1, -0.05) is 0 Å². The van der Waals surface area contributed by atoms with Crippen LogP contribution in [0, 0.1) is 0 Å². The molecule has 0 saturated carbocycles. The van der Waals surface area contributed by atoms with Crippen LogP contribution < -0.4 is 10.6 Å². The van der Waals surface area contributed by atoms with Crippen molar-refractivity contribution in [3.05, 3.63) is 0 Å². The number of rotatable bonds is 6. The zero-order valence-electron chi connectivity index (χ0n) is 10.5. The number of piperidine rings is 1. The second-order valence-corrected chi connectivity index (χ2v) is 4.64. The van der Waals surface area contributed by atoms with Gasteiger partial charge in [-0.05, 0) is 32.2 Å². The summed E-state index contributed by atoms with van der Waals surface area (Å²) in [6.07, 6.45) is 5.11. The number of unbranched alkanes of at least 4 members (excludes halogenated alkanes) is 1. The highest BCUT2D eigenvalue weighted by Gasteiger charge is 2.12. The van der Waals surface area contributed by atoms with Gasteiger partial charge in [-0.3, -0.25) is 4.79 Å². The Hall–Kier alpha value is -0.610. The maximum Gasteiger partial charge on any atom is 0.222 e. The summed E-state index contributed by atoms with van der Waals surface area (Å²) in [6, 6.07) is 0.655. The molecule has 16 heavy (non-hydrogen) atoms. The molecule has 1 N–H and O–H groups in total. The lowest BCUT2D eigenvalue weighted by Crippen LogP contribution is -2.37. The summed E-state index contributed by atoms with van der Waals surface area (Å²) in [6.45, 7) is 3.05. The zero-order valence-corrected chi connectivity index (χ0v) is 10.5. The molecule has 0 atom stereocenters. The fourth-order valence-electron chi connectivity index (χ4n) is 1.89. The van der Waals surface area contributed by atoms with Crippen molar-refractivity contribution in [1.82, 2.24) is 15.5 Å². The van der Waals surface area contributed by atoms with Crippen molar-refractivity contribution in [1.29, 1.82) is 0 Å². The number of carbonyl (C=O) groups is 1. The topological polar surface area (TPSA) is 46.4 Å². The average Bonchev–Trinajstić information content (AvgIpc) is 2.29. The zero-order chi connectivity index (χ0) is 11.8. The number of nitrogens with zero attached hydrogens (tertiary/aromatic N) is 2. The second-order valence-electron chi connectivity index (χ2n) is 4.64. The minimum atomic E-state index is 0.233. The van der Waals surface area contributed by atoms with Gasteiger partial charge < -0.3 is 10.2 Å². The normalized spacial score (nSPS) is 17.4. The van der Waals surface area contributed by atoms with E-state index in [4.69, 9.17) is 0 Å². The van der Waals surface area contributed by atoms with E-state index in [1.165, 1.54) is 12.8 Å². The van der Waals surface area contributed by atoms with Gasteiger partial charge in [0.25, 0.3) is 0 Å². The van der Waals surface area contributed by atoms with E-state index >= 15 is 0 Å². The third-order valence-corrected chi connectivity index (χ3v) is 3.02. The molecule has 0 aromatic rings. The standard InChI is InChI=1S/C12H24N3O/c1-15(2)12(16)5-3-4-8-14-11-6-9-13-10-7-11/h11,14H,3-10H2,1-2H3. The third kappa shape index (κ3) is 5.47. The Morgan fingerprint density at radius 1 is 1.31 bits per heavy atom. The van der Waals surface area contributed by atoms with Crippen LogP contribution in [0.3, 0.4) is 0 Å². The first kappa shape index (κ1) is 13.5. The van der Waals surface area contributed by atoms with Crippen molar-refractivity contribution in [2.24, 2.45) is 0 Å². The van der Waals surface area contributed by atoms with Gasteiger partial charge in [-0.15, -0.1) is 0 Å². The summed E-state index contributed by atoms with van der Waals surface area (Å²) < 4.78 is 0. The minimum absolute atomic E-state index is 0.233. The Morgan fingerprint density at radius 3 is 2.62 bits per heavy atom. The first-order valence-electron chi connectivity index (χ1n) is 6.27. The number of nitrogens with one attached hydrogen (secondary N) is 1. The summed E-state index contributed by atoms with van der Waals surface area (Å²) in [4.78, 5) is 13.0. The van der Waals surface area contributed by atoms with Crippen LogP contribution in [-0.4, -0.2) is 50.6 Å². The molecule has 0 bridgehead atoms. The molecule has 0 unspecified atom stereocenters. The SMILES string of the molecule is CN(C)C(=O)CCCCNC1CC[N]CC1. The highest BCUT2D eigenvalue weighted by molar-refractivity contribution is 5.75. The maximum atomic E-state index is 11.3. The Balaban J connectivity index is 1.93. The van der Waals surface area contributed by atoms with Gasteiger partial charge >= 0.3 is 0 Å². The molecule has 1 radical (unpaired) electrons. The first-order chi connectivity index (χ1) is 7.70. The van der Waals surface area contributed by atoms with Crippen LogP contribution in [0.25, 0.3) is 0 Å². The molecule has 93 valence electrons. The Bertz CT molecular complexity index is 200. The van der Waals surface area contributed by atoms with E-state index in [-0.39, 0.29) is 5.91 Å². The number of amides is 1. The van der Waals surface area contributed by atoms with E-state index in [0.717, 1.165) is 32.5 Å². The monoisotopic (exact) mass is 226 g/mol. The smallest absolute Gasteiger partial charge is 0.222 e. The van der Waals surface area contributed by atoms with E-state index in [1.54, 1.807) is 4.90 Å². The second kappa shape index (κ2) is 7.63. The molecule has 1 rings (SSSR count). The molecule has 1 amide bonds. The lowest BCUT2D eigenvalue weighted by atomic mass is 10.1. The van der Waals surface area contributed by atoms with Gasteiger partial charge in [-0.25, -0.2) is 5.32 Å². The number of carbonyl (C=O) groups excluding carboxylic acids is 1. The van der Waals surface area contributed by atoms with Crippen LogP contribution in [0.4, 0.5) is 0 Å². The highest BCUT2D eigenvalue weighted by Crippen LogP contribution is 2.04. The van der Waals surface area contributed by atoms with E-state index in [0.29, 0.717) is 12.5 Å². The molecule has 1 heterocycles. The molecule has 0 aliphatic carbocycles. The lowest BCUT2D eigenvalue weighted by Gasteiger charge is -2.22. The molecular formula is C12H24N3O. The van der Waals surface area contributed by atoms with Crippen molar-refractivity contribution in [3.8, 4) is 0 Å². The van der Waals surface area contributed by atoms with E-state index in [2.05, 4.69) is 10.6 Å². The first-order valence-corrected chi connectivity index (χ1v) is 6.27. The number of hydrogen-bond acceptors (Lipinski definition) is 2. The van der Waals surface area contributed by atoms with E-state index in [1.807, 2.05) is 14.1 Å². The molecule has 1 aliphatic heterocycles. The average molecular weight is 226 g/mol. The molecule has 0 aromatic heterocycles. The van der Waals surface area contributed by atoms with Crippen molar-refractivity contribution < 1.29 is 4.79 Å². The minimum Gasteiger partial charge on any atom is -0.349 e. The van der Waals surface area contributed by atoms with Gasteiger partial charge in [0, 0.05) is 39.6 Å². The summed E-state index contributed by atoms with van der Waals surface area (Å²) in [5.74, 6) is 0.233. The Labute approximate surface area is 98.8 Å². The Morgan fingerprint density at radius 2 is 2.00 bits per heavy atom. The summed E-state index contributed by atoms with van der Waals surface area (Å²) >= 11 is 0. The van der Waals surface area contributed by atoms with Gasteiger partial charge in [0.1, 0.15) is 0 Å². The summed E-state index contributed by atoms with van der Waals surface area (Å²) in [5, 5.41) is 7.86. The van der Waals surface area contributed by atoms with Crippen LogP contribution in [0.5, 0.6) is 0 Å². The predicted octanol–water partition coefficient (Wildman–Crippen LogP) is 0.601. The van der Waals surface area contributed by atoms with Crippen LogP contribution in [0.2, 0.25) is 0 Å². The highest BCUT2D eigenvalue weighted by atomic mass is 16.2. The van der Waals surface area contributed by atoms with E-state index in [9.17, 15) is 4.79 Å². The van der Waals surface area contributed by atoms with Crippen LogP contribution in [-0.2, 0) is 4.79 Å². The fourth-order valence-corrected chi connectivity index (χ4v) is 1.89. The van der Waals surface area contributed by atoms with Crippen LogP contribution in [0.1, 0.15) is 32.1 Å². The number of hydrogen-bond donors (Lipinski definition) is 1. The molecule has 0 aromatic carbocycles. The van der Waals surface area contributed by atoms with Crippen LogP contribution >= 0.6 is 0 Å². The van der Waals surface area contributed by atoms with Crippen molar-refractivity contribution in [2.75, 3.05) is 33.7 Å². The van der Waals surface area contributed by atoms with Gasteiger partial charge in [-0.2, -0.15) is 0 Å².